The number of anilines is 1. The molecular formula is C34H32ClN3O5S. The van der Waals surface area contributed by atoms with Gasteiger partial charge in [-0.05, 0) is 54.8 Å². The van der Waals surface area contributed by atoms with Crippen LogP contribution in [0.5, 0.6) is 11.5 Å². The zero-order valence-electron chi connectivity index (χ0n) is 24.6. The van der Waals surface area contributed by atoms with Crippen molar-refractivity contribution in [3.05, 3.63) is 123 Å². The summed E-state index contributed by atoms with van der Waals surface area (Å²) >= 11 is 7.36. The van der Waals surface area contributed by atoms with Gasteiger partial charge in [0.1, 0.15) is 13.2 Å². The molecule has 3 aromatic rings. The van der Waals surface area contributed by atoms with Crippen LogP contribution < -0.4 is 20.1 Å². The van der Waals surface area contributed by atoms with Crippen LogP contribution in [0.4, 0.5) is 5.69 Å². The molecule has 0 aromatic heterocycles. The number of rotatable bonds is 12. The molecule has 0 aliphatic carbocycles. The minimum absolute atomic E-state index is 0.00480. The molecule has 0 bridgehead atoms. The van der Waals surface area contributed by atoms with Gasteiger partial charge in [-0.2, -0.15) is 5.26 Å². The number of carbonyl (C=O) groups excluding carboxylic acids is 2. The molecule has 8 nitrogen and oxygen atoms in total. The maximum atomic E-state index is 13.3. The standard InChI is InChI=1S/C34H32ClN3O5S/c1-5-15-42-34(40)31-22(3)37-33(44-20-30(39)38-25-13-11-21(2)27(35)17-25)26(18-36)32(31)24-12-14-28(29(16-24)41-4)43-19-23-9-7-6-8-10-23/h5-14,16-17,32,37H,1,15,19-20H2,2-4H3,(H,38,39)/t32-/m1/s1. The highest BCUT2D eigenvalue weighted by Gasteiger charge is 2.36. The minimum Gasteiger partial charge on any atom is -0.493 e. The van der Waals surface area contributed by atoms with Gasteiger partial charge in [-0.3, -0.25) is 4.79 Å². The van der Waals surface area contributed by atoms with Gasteiger partial charge in [0.25, 0.3) is 0 Å². The fourth-order valence-electron chi connectivity index (χ4n) is 4.57. The van der Waals surface area contributed by atoms with E-state index in [-0.39, 0.29) is 29.4 Å². The Morgan fingerprint density at radius 3 is 2.57 bits per heavy atom. The third-order valence-corrected chi connectivity index (χ3v) is 8.19. The molecule has 0 saturated carbocycles. The van der Waals surface area contributed by atoms with Gasteiger partial charge < -0.3 is 24.8 Å². The first-order chi connectivity index (χ1) is 21.2. The molecule has 1 atom stereocenters. The van der Waals surface area contributed by atoms with E-state index in [9.17, 15) is 14.9 Å². The van der Waals surface area contributed by atoms with Crippen molar-refractivity contribution in [2.45, 2.75) is 26.4 Å². The van der Waals surface area contributed by atoms with Crippen LogP contribution in [0.1, 0.15) is 29.5 Å². The van der Waals surface area contributed by atoms with E-state index in [1.54, 1.807) is 37.3 Å². The van der Waals surface area contributed by atoms with Crippen molar-refractivity contribution in [2.75, 3.05) is 24.8 Å². The van der Waals surface area contributed by atoms with Gasteiger partial charge in [0.15, 0.2) is 11.5 Å². The molecular weight excluding hydrogens is 598 g/mol. The van der Waals surface area contributed by atoms with Crippen LogP contribution in [0.3, 0.4) is 0 Å². The van der Waals surface area contributed by atoms with Crippen LogP contribution in [0.2, 0.25) is 5.02 Å². The number of carbonyl (C=O) groups is 2. The Kier molecular flexibility index (Phi) is 11.1. The van der Waals surface area contributed by atoms with Crippen LogP contribution in [0, 0.1) is 18.3 Å². The lowest BCUT2D eigenvalue weighted by Crippen LogP contribution is -2.29. The fraction of sp³-hybridized carbons (Fsp3) is 0.206. The summed E-state index contributed by atoms with van der Waals surface area (Å²) in [5, 5.41) is 17.4. The van der Waals surface area contributed by atoms with Crippen molar-refractivity contribution < 1.29 is 23.8 Å². The number of methoxy groups -OCH3 is 1. The number of ether oxygens (including phenoxy) is 3. The number of hydrogen-bond donors (Lipinski definition) is 2. The van der Waals surface area contributed by atoms with E-state index in [2.05, 4.69) is 23.3 Å². The third-order valence-electron chi connectivity index (χ3n) is 6.76. The first-order valence-corrected chi connectivity index (χ1v) is 15.1. The molecule has 1 aliphatic rings. The maximum absolute atomic E-state index is 13.3. The number of nitrogens with zero attached hydrogens (tertiary/aromatic N) is 1. The first kappa shape index (κ1) is 32.3. The molecule has 226 valence electrons. The van der Waals surface area contributed by atoms with Crippen LogP contribution in [-0.4, -0.2) is 31.3 Å². The van der Waals surface area contributed by atoms with Gasteiger partial charge in [0.05, 0.1) is 41.0 Å². The number of halogens is 1. The molecule has 4 rings (SSSR count). The van der Waals surface area contributed by atoms with Gasteiger partial charge >= 0.3 is 5.97 Å². The maximum Gasteiger partial charge on any atom is 0.337 e. The second-order valence-electron chi connectivity index (χ2n) is 9.82. The Labute approximate surface area is 266 Å². The van der Waals surface area contributed by atoms with E-state index < -0.39 is 11.9 Å². The molecule has 0 spiro atoms. The molecule has 44 heavy (non-hydrogen) atoms. The zero-order valence-corrected chi connectivity index (χ0v) is 26.2. The minimum atomic E-state index is -0.794. The molecule has 0 saturated heterocycles. The van der Waals surface area contributed by atoms with Crippen molar-refractivity contribution in [3.8, 4) is 17.6 Å². The van der Waals surface area contributed by atoms with E-state index in [0.717, 1.165) is 22.9 Å². The number of thioether (sulfide) groups is 1. The molecule has 2 N–H and O–H groups in total. The summed E-state index contributed by atoms with van der Waals surface area (Å²) in [4.78, 5) is 26.1. The van der Waals surface area contributed by atoms with Gasteiger partial charge in [-0.15, -0.1) is 0 Å². The van der Waals surface area contributed by atoms with Gasteiger partial charge in [-0.1, -0.05) is 78.5 Å². The Morgan fingerprint density at radius 2 is 1.89 bits per heavy atom. The number of aryl methyl sites for hydroxylation is 1. The van der Waals surface area contributed by atoms with Gasteiger partial charge in [0.2, 0.25) is 5.91 Å². The van der Waals surface area contributed by atoms with Crippen molar-refractivity contribution in [1.29, 1.82) is 5.26 Å². The summed E-state index contributed by atoms with van der Waals surface area (Å²) in [6, 6.07) is 22.6. The highest BCUT2D eigenvalue weighted by Crippen LogP contribution is 2.43. The zero-order chi connectivity index (χ0) is 31.6. The number of esters is 1. The van der Waals surface area contributed by atoms with Crippen LogP contribution >= 0.6 is 23.4 Å². The number of amides is 1. The Hall–Kier alpha value is -4.65. The predicted molar refractivity (Wildman–Crippen MR) is 173 cm³/mol. The SMILES string of the molecule is C=CCOC(=O)C1=C(C)NC(SCC(=O)Nc2ccc(C)c(Cl)c2)=C(C#N)[C@H]1c1ccc(OCc2ccccc2)c(OC)c1. The summed E-state index contributed by atoms with van der Waals surface area (Å²) in [7, 11) is 1.53. The van der Waals surface area contributed by atoms with E-state index in [4.69, 9.17) is 25.8 Å². The predicted octanol–water partition coefficient (Wildman–Crippen LogP) is 7.03. The highest BCUT2D eigenvalue weighted by molar-refractivity contribution is 8.03. The number of nitrogens with one attached hydrogen (secondary N) is 2. The second kappa shape index (κ2) is 15.2. The molecule has 3 aromatic carbocycles. The quantitative estimate of drug-likeness (QED) is 0.162. The van der Waals surface area contributed by atoms with E-state index in [1.807, 2.05) is 43.3 Å². The monoisotopic (exact) mass is 629 g/mol. The number of benzene rings is 3. The van der Waals surface area contributed by atoms with Crippen molar-refractivity contribution >= 4 is 40.9 Å². The Morgan fingerprint density at radius 1 is 1.11 bits per heavy atom. The smallest absolute Gasteiger partial charge is 0.337 e. The lowest BCUT2D eigenvalue weighted by molar-refractivity contribution is -0.138. The first-order valence-electron chi connectivity index (χ1n) is 13.7. The summed E-state index contributed by atoms with van der Waals surface area (Å²) < 4.78 is 17.1. The molecule has 0 fully saturated rings. The molecule has 1 aliphatic heterocycles. The average molecular weight is 630 g/mol. The Bertz CT molecular complexity index is 1660. The number of dihydropyridines is 1. The lowest BCUT2D eigenvalue weighted by atomic mass is 9.82. The number of nitriles is 1. The average Bonchev–Trinajstić information content (AvgIpc) is 3.03. The molecule has 0 radical (unpaired) electrons. The molecule has 1 heterocycles. The van der Waals surface area contributed by atoms with Crippen molar-refractivity contribution in [1.82, 2.24) is 5.32 Å². The van der Waals surface area contributed by atoms with Crippen molar-refractivity contribution in [3.63, 3.8) is 0 Å². The van der Waals surface area contributed by atoms with Crippen LogP contribution in [-0.2, 0) is 20.9 Å². The summed E-state index contributed by atoms with van der Waals surface area (Å²) in [6.45, 7) is 7.57. The van der Waals surface area contributed by atoms with E-state index in [1.165, 1.54) is 13.2 Å². The van der Waals surface area contributed by atoms with Crippen LogP contribution in [0.25, 0.3) is 0 Å². The van der Waals surface area contributed by atoms with Crippen molar-refractivity contribution in [2.24, 2.45) is 0 Å². The highest BCUT2D eigenvalue weighted by atomic mass is 35.5. The fourth-order valence-corrected chi connectivity index (χ4v) is 5.64. The molecule has 10 heteroatoms. The van der Waals surface area contributed by atoms with Gasteiger partial charge in [0, 0.05) is 16.4 Å². The summed E-state index contributed by atoms with van der Waals surface area (Å²) in [5.74, 6) is -0.708. The van der Waals surface area contributed by atoms with Gasteiger partial charge in [-0.25, -0.2) is 4.79 Å². The van der Waals surface area contributed by atoms with E-state index in [0.29, 0.717) is 45.1 Å². The third kappa shape index (κ3) is 7.84. The van der Waals surface area contributed by atoms with E-state index >= 15 is 0 Å². The molecule has 0 unspecified atom stereocenters. The number of hydrogen-bond acceptors (Lipinski definition) is 8. The summed E-state index contributed by atoms with van der Waals surface area (Å²) in [5.41, 5.74) is 4.11. The van der Waals surface area contributed by atoms with Crippen LogP contribution in [0.15, 0.2) is 101 Å². The number of allylic oxidation sites excluding steroid dienone is 2. The largest absolute Gasteiger partial charge is 0.493 e. The normalized spacial score (nSPS) is 14.3. The lowest BCUT2D eigenvalue weighted by Gasteiger charge is -2.29. The Balaban J connectivity index is 1.64. The topological polar surface area (TPSA) is 110 Å². The summed E-state index contributed by atoms with van der Waals surface area (Å²) in [6.07, 6.45) is 1.48. The molecule has 1 amide bonds. The second-order valence-corrected chi connectivity index (χ2v) is 11.2.